The Labute approximate surface area is 110 Å². The van der Waals surface area contributed by atoms with Crippen LogP contribution in [0.5, 0.6) is 0 Å². The van der Waals surface area contributed by atoms with Crippen LogP contribution in [0.3, 0.4) is 0 Å². The van der Waals surface area contributed by atoms with Gasteiger partial charge in [0.25, 0.3) is 0 Å². The molecule has 2 heteroatoms. The highest BCUT2D eigenvalue weighted by Crippen LogP contribution is 2.38. The minimum atomic E-state index is 0.220. The summed E-state index contributed by atoms with van der Waals surface area (Å²) in [6, 6.07) is 11.0. The van der Waals surface area contributed by atoms with Crippen LogP contribution < -0.4 is 4.90 Å². The summed E-state index contributed by atoms with van der Waals surface area (Å²) in [4.78, 5) is 2.46. The number of piperidine rings is 1. The number of hydrogen-bond donors (Lipinski definition) is 0. The molecule has 1 atom stereocenters. The molecule has 0 aromatic heterocycles. The third-order valence-corrected chi connectivity index (χ3v) is 4.16. The summed E-state index contributed by atoms with van der Waals surface area (Å²) >= 11 is 0. The first-order valence-electron chi connectivity index (χ1n) is 6.71. The highest BCUT2D eigenvalue weighted by molar-refractivity contribution is 5.49. The van der Waals surface area contributed by atoms with Crippen molar-refractivity contribution in [3.63, 3.8) is 0 Å². The second kappa shape index (κ2) is 5.02. The van der Waals surface area contributed by atoms with Gasteiger partial charge >= 0.3 is 0 Å². The largest absolute Gasteiger partial charge is 0.371 e. The van der Waals surface area contributed by atoms with E-state index in [9.17, 15) is 0 Å². The number of hydrogen-bond acceptors (Lipinski definition) is 2. The average molecular weight is 242 g/mol. The van der Waals surface area contributed by atoms with Crippen LogP contribution in [0.2, 0.25) is 0 Å². The Bertz CT molecular complexity index is 456. The molecule has 0 saturated carbocycles. The van der Waals surface area contributed by atoms with Crippen LogP contribution in [-0.4, -0.2) is 13.1 Å². The second-order valence-corrected chi connectivity index (χ2v) is 6.10. The first kappa shape index (κ1) is 13.0. The molecule has 1 aromatic carbocycles. The normalized spacial score (nSPS) is 22.6. The maximum atomic E-state index is 8.91. The van der Waals surface area contributed by atoms with E-state index in [-0.39, 0.29) is 5.41 Å². The van der Waals surface area contributed by atoms with Crippen molar-refractivity contribution in [3.8, 4) is 6.07 Å². The average Bonchev–Trinajstić information content (AvgIpc) is 2.31. The van der Waals surface area contributed by atoms with Gasteiger partial charge in [0.2, 0.25) is 0 Å². The Morgan fingerprint density at radius 2 is 2.22 bits per heavy atom. The molecule has 0 spiro atoms. The van der Waals surface area contributed by atoms with E-state index in [4.69, 9.17) is 5.26 Å². The minimum absolute atomic E-state index is 0.220. The van der Waals surface area contributed by atoms with E-state index < -0.39 is 0 Å². The SMILES string of the molecule is Cc1cccc(N2CCC(CC#N)C(C)(C)C2)c1. The van der Waals surface area contributed by atoms with E-state index in [2.05, 4.69) is 56.0 Å². The smallest absolute Gasteiger partial charge is 0.0624 e. The molecule has 18 heavy (non-hydrogen) atoms. The monoisotopic (exact) mass is 242 g/mol. The third kappa shape index (κ3) is 2.67. The lowest BCUT2D eigenvalue weighted by atomic mass is 9.72. The molecule has 1 aromatic rings. The van der Waals surface area contributed by atoms with Crippen LogP contribution in [0.15, 0.2) is 24.3 Å². The van der Waals surface area contributed by atoms with E-state index in [0.29, 0.717) is 12.3 Å². The predicted octanol–water partition coefficient (Wildman–Crippen LogP) is 3.76. The quantitative estimate of drug-likeness (QED) is 0.789. The fourth-order valence-electron chi connectivity index (χ4n) is 2.94. The topological polar surface area (TPSA) is 27.0 Å². The maximum absolute atomic E-state index is 8.91. The van der Waals surface area contributed by atoms with Gasteiger partial charge in [-0.15, -0.1) is 0 Å². The van der Waals surface area contributed by atoms with Crippen molar-refractivity contribution >= 4 is 5.69 Å². The number of benzene rings is 1. The van der Waals surface area contributed by atoms with Gasteiger partial charge in [0.1, 0.15) is 0 Å². The molecule has 96 valence electrons. The van der Waals surface area contributed by atoms with Gasteiger partial charge in [-0.1, -0.05) is 26.0 Å². The number of aryl methyl sites for hydroxylation is 1. The van der Waals surface area contributed by atoms with Crippen molar-refractivity contribution < 1.29 is 0 Å². The van der Waals surface area contributed by atoms with Crippen molar-refractivity contribution in [3.05, 3.63) is 29.8 Å². The molecule has 0 aliphatic carbocycles. The van der Waals surface area contributed by atoms with Gasteiger partial charge in [0, 0.05) is 25.2 Å². The van der Waals surface area contributed by atoms with E-state index in [1.165, 1.54) is 11.3 Å². The summed E-state index contributed by atoms with van der Waals surface area (Å²) < 4.78 is 0. The standard InChI is InChI=1S/C16H22N2/c1-13-5-4-6-15(11-13)18-10-8-14(7-9-17)16(2,3)12-18/h4-6,11,14H,7-8,10,12H2,1-3H3. The second-order valence-electron chi connectivity index (χ2n) is 6.10. The van der Waals surface area contributed by atoms with Crippen LogP contribution >= 0.6 is 0 Å². The van der Waals surface area contributed by atoms with Crippen molar-refractivity contribution in [2.45, 2.75) is 33.6 Å². The van der Waals surface area contributed by atoms with Crippen molar-refractivity contribution in [1.82, 2.24) is 0 Å². The third-order valence-electron chi connectivity index (χ3n) is 4.16. The van der Waals surface area contributed by atoms with Crippen molar-refractivity contribution in [2.24, 2.45) is 11.3 Å². The zero-order valence-electron chi connectivity index (χ0n) is 11.6. The van der Waals surface area contributed by atoms with Crippen molar-refractivity contribution in [1.29, 1.82) is 5.26 Å². The van der Waals surface area contributed by atoms with Crippen LogP contribution in [0.1, 0.15) is 32.3 Å². The summed E-state index contributed by atoms with van der Waals surface area (Å²) in [5.41, 5.74) is 2.85. The highest BCUT2D eigenvalue weighted by atomic mass is 15.1. The summed E-state index contributed by atoms with van der Waals surface area (Å²) in [5.74, 6) is 0.531. The molecule has 0 N–H and O–H groups in total. The lowest BCUT2D eigenvalue weighted by molar-refractivity contribution is 0.179. The molecule has 1 unspecified atom stereocenters. The molecule has 0 amide bonds. The summed E-state index contributed by atoms with van der Waals surface area (Å²) in [6.45, 7) is 8.83. The molecular weight excluding hydrogens is 220 g/mol. The molecule has 1 saturated heterocycles. The Balaban J connectivity index is 2.14. The molecule has 0 bridgehead atoms. The summed E-state index contributed by atoms with van der Waals surface area (Å²) in [6.07, 6.45) is 1.81. The zero-order chi connectivity index (χ0) is 13.2. The number of rotatable bonds is 2. The molecular formula is C16H22N2. The van der Waals surface area contributed by atoms with Gasteiger partial charge in [-0.05, 0) is 42.4 Å². The Hall–Kier alpha value is -1.49. The highest BCUT2D eigenvalue weighted by Gasteiger charge is 2.35. The van der Waals surface area contributed by atoms with Gasteiger partial charge in [-0.2, -0.15) is 5.26 Å². The summed E-state index contributed by atoms with van der Waals surface area (Å²) in [5, 5.41) is 8.91. The Morgan fingerprint density at radius 1 is 1.44 bits per heavy atom. The first-order chi connectivity index (χ1) is 8.53. The van der Waals surface area contributed by atoms with Gasteiger partial charge in [0.15, 0.2) is 0 Å². The minimum Gasteiger partial charge on any atom is -0.371 e. The predicted molar refractivity (Wildman–Crippen MR) is 75.5 cm³/mol. The van der Waals surface area contributed by atoms with Crippen LogP contribution in [0, 0.1) is 29.6 Å². The van der Waals surface area contributed by atoms with Gasteiger partial charge in [-0.3, -0.25) is 0 Å². The Morgan fingerprint density at radius 3 is 2.83 bits per heavy atom. The molecule has 2 nitrogen and oxygen atoms in total. The number of nitrogens with zero attached hydrogens (tertiary/aromatic N) is 2. The molecule has 1 aliphatic rings. The molecule has 1 aliphatic heterocycles. The van der Waals surface area contributed by atoms with E-state index >= 15 is 0 Å². The van der Waals surface area contributed by atoms with Gasteiger partial charge in [-0.25, -0.2) is 0 Å². The van der Waals surface area contributed by atoms with Crippen LogP contribution in [0.4, 0.5) is 5.69 Å². The van der Waals surface area contributed by atoms with E-state index in [0.717, 1.165) is 19.5 Å². The molecule has 2 rings (SSSR count). The maximum Gasteiger partial charge on any atom is 0.0624 e. The molecule has 0 radical (unpaired) electrons. The van der Waals surface area contributed by atoms with Crippen LogP contribution in [0.25, 0.3) is 0 Å². The van der Waals surface area contributed by atoms with E-state index in [1.54, 1.807) is 0 Å². The lowest BCUT2D eigenvalue weighted by Crippen LogP contribution is -2.45. The molecule has 1 fully saturated rings. The van der Waals surface area contributed by atoms with Gasteiger partial charge < -0.3 is 4.90 Å². The Kier molecular flexibility index (Phi) is 3.61. The van der Waals surface area contributed by atoms with Crippen molar-refractivity contribution in [2.75, 3.05) is 18.0 Å². The van der Waals surface area contributed by atoms with E-state index in [1.807, 2.05) is 0 Å². The molecule has 1 heterocycles. The fraction of sp³-hybridized carbons (Fsp3) is 0.562. The first-order valence-corrected chi connectivity index (χ1v) is 6.71. The number of anilines is 1. The summed E-state index contributed by atoms with van der Waals surface area (Å²) in [7, 11) is 0. The number of nitriles is 1. The van der Waals surface area contributed by atoms with Crippen LogP contribution in [-0.2, 0) is 0 Å². The fourth-order valence-corrected chi connectivity index (χ4v) is 2.94. The lowest BCUT2D eigenvalue weighted by Gasteiger charge is -2.44. The zero-order valence-corrected chi connectivity index (χ0v) is 11.6. The van der Waals surface area contributed by atoms with Gasteiger partial charge in [0.05, 0.1) is 6.07 Å².